The van der Waals surface area contributed by atoms with Crippen molar-refractivity contribution >= 4 is 17.5 Å². The van der Waals surface area contributed by atoms with E-state index in [1.54, 1.807) is 29.2 Å². The van der Waals surface area contributed by atoms with Crippen LogP contribution in [0.3, 0.4) is 0 Å². The Balaban J connectivity index is 2.22. The largest absolute Gasteiger partial charge is 0.459 e. The molecule has 0 saturated carbocycles. The average Bonchev–Trinajstić information content (AvgIpc) is 3.08. The molecule has 0 aliphatic carbocycles. The molecule has 0 aliphatic heterocycles. The Labute approximate surface area is 142 Å². The third-order valence-corrected chi connectivity index (χ3v) is 3.61. The summed E-state index contributed by atoms with van der Waals surface area (Å²) in [6, 6.07) is 8.52. The van der Waals surface area contributed by atoms with Crippen molar-refractivity contribution in [1.29, 1.82) is 0 Å². The summed E-state index contributed by atoms with van der Waals surface area (Å²) < 4.78 is 5.09. The Kier molecular flexibility index (Phi) is 5.58. The molecular formula is C19H22N2O3. The first-order valence-corrected chi connectivity index (χ1v) is 7.81. The number of hydrogen-bond donors (Lipinski definition) is 1. The topological polar surface area (TPSA) is 62.6 Å². The number of amides is 2. The van der Waals surface area contributed by atoms with Crippen LogP contribution in [0.15, 0.2) is 53.2 Å². The Hall–Kier alpha value is -2.82. The predicted molar refractivity (Wildman–Crippen MR) is 94.2 cm³/mol. The second kappa shape index (κ2) is 7.64. The number of hydrogen-bond acceptors (Lipinski definition) is 3. The van der Waals surface area contributed by atoms with Crippen molar-refractivity contribution in [3.63, 3.8) is 0 Å². The Morgan fingerprint density at radius 3 is 2.62 bits per heavy atom. The quantitative estimate of drug-likeness (QED) is 0.819. The molecule has 0 spiro atoms. The molecule has 0 atom stereocenters. The minimum absolute atomic E-state index is 0.0889. The van der Waals surface area contributed by atoms with Gasteiger partial charge in [0.25, 0.3) is 11.8 Å². The summed E-state index contributed by atoms with van der Waals surface area (Å²) in [6.45, 7) is 10.6. The van der Waals surface area contributed by atoms with Crippen LogP contribution in [0.25, 0.3) is 0 Å². The van der Waals surface area contributed by atoms with Gasteiger partial charge in [-0.05, 0) is 50.6 Å². The lowest BCUT2D eigenvalue weighted by atomic mass is 10.1. The second-order valence-electron chi connectivity index (χ2n) is 5.74. The first-order valence-electron chi connectivity index (χ1n) is 7.81. The van der Waals surface area contributed by atoms with E-state index in [0.717, 1.165) is 11.1 Å². The third kappa shape index (κ3) is 4.13. The molecule has 0 radical (unpaired) electrons. The van der Waals surface area contributed by atoms with Crippen molar-refractivity contribution in [2.24, 2.45) is 0 Å². The fourth-order valence-corrected chi connectivity index (χ4v) is 2.32. The zero-order chi connectivity index (χ0) is 17.7. The summed E-state index contributed by atoms with van der Waals surface area (Å²) in [4.78, 5) is 26.5. The van der Waals surface area contributed by atoms with Gasteiger partial charge in [0, 0.05) is 24.3 Å². The van der Waals surface area contributed by atoms with Gasteiger partial charge in [0.15, 0.2) is 5.76 Å². The van der Waals surface area contributed by atoms with Crippen molar-refractivity contribution in [3.8, 4) is 0 Å². The molecule has 1 heterocycles. The lowest BCUT2D eigenvalue weighted by Crippen LogP contribution is -2.32. The molecule has 0 unspecified atom stereocenters. The number of rotatable bonds is 6. The highest BCUT2D eigenvalue weighted by Gasteiger charge is 2.17. The molecular weight excluding hydrogens is 304 g/mol. The smallest absolute Gasteiger partial charge is 0.291 e. The Morgan fingerprint density at radius 2 is 2.04 bits per heavy atom. The van der Waals surface area contributed by atoms with Crippen molar-refractivity contribution in [2.45, 2.75) is 20.8 Å². The Morgan fingerprint density at radius 1 is 1.29 bits per heavy atom. The van der Waals surface area contributed by atoms with E-state index in [1.807, 2.05) is 26.8 Å². The van der Waals surface area contributed by atoms with E-state index in [-0.39, 0.29) is 17.6 Å². The highest BCUT2D eigenvalue weighted by Crippen LogP contribution is 2.19. The maximum atomic E-state index is 12.6. The van der Waals surface area contributed by atoms with E-state index in [2.05, 4.69) is 11.9 Å². The highest BCUT2D eigenvalue weighted by atomic mass is 16.3. The summed E-state index contributed by atoms with van der Waals surface area (Å²) >= 11 is 0. The summed E-state index contributed by atoms with van der Waals surface area (Å²) in [5.41, 5.74) is 2.91. The molecule has 2 aromatic rings. The van der Waals surface area contributed by atoms with Gasteiger partial charge in [-0.15, -0.1) is 0 Å². The minimum atomic E-state index is -0.345. The number of nitrogens with one attached hydrogen (secondary N) is 1. The first-order chi connectivity index (χ1) is 11.4. The van der Waals surface area contributed by atoms with Gasteiger partial charge in [-0.1, -0.05) is 18.2 Å². The first kappa shape index (κ1) is 17.5. The van der Waals surface area contributed by atoms with Gasteiger partial charge >= 0.3 is 0 Å². The molecule has 5 nitrogen and oxygen atoms in total. The normalized spacial score (nSPS) is 10.3. The van der Waals surface area contributed by atoms with Crippen LogP contribution in [0.5, 0.6) is 0 Å². The van der Waals surface area contributed by atoms with E-state index in [0.29, 0.717) is 24.3 Å². The number of anilines is 1. The average molecular weight is 326 g/mol. The zero-order valence-electron chi connectivity index (χ0n) is 14.3. The fraction of sp³-hybridized carbons (Fsp3) is 0.263. The number of benzene rings is 1. The van der Waals surface area contributed by atoms with Crippen molar-refractivity contribution < 1.29 is 14.0 Å². The van der Waals surface area contributed by atoms with Gasteiger partial charge in [0.2, 0.25) is 0 Å². The molecule has 5 heteroatoms. The minimum Gasteiger partial charge on any atom is -0.459 e. The van der Waals surface area contributed by atoms with Crippen LogP contribution in [0, 0.1) is 6.92 Å². The maximum absolute atomic E-state index is 12.6. The molecule has 126 valence electrons. The van der Waals surface area contributed by atoms with Gasteiger partial charge in [0.05, 0.1) is 6.26 Å². The van der Waals surface area contributed by atoms with Crippen LogP contribution in [0.4, 0.5) is 5.69 Å². The van der Waals surface area contributed by atoms with Crippen LogP contribution < -0.4 is 5.32 Å². The Bertz CT molecular complexity index is 748. The number of nitrogens with zero attached hydrogens (tertiary/aromatic N) is 1. The van der Waals surface area contributed by atoms with Gasteiger partial charge in [0.1, 0.15) is 0 Å². The summed E-state index contributed by atoms with van der Waals surface area (Å²) in [5.74, 6) is -0.209. The summed E-state index contributed by atoms with van der Waals surface area (Å²) in [7, 11) is 0. The van der Waals surface area contributed by atoms with E-state index < -0.39 is 0 Å². The SMILES string of the molecule is C=C(C)CN(CC)C(=O)c1ccc(C)c(NC(=O)c2ccco2)c1. The van der Waals surface area contributed by atoms with Crippen LogP contribution in [0.1, 0.15) is 40.3 Å². The molecule has 0 aliphatic rings. The molecule has 0 saturated heterocycles. The lowest BCUT2D eigenvalue weighted by Gasteiger charge is -2.21. The molecule has 1 aromatic carbocycles. The van der Waals surface area contributed by atoms with Crippen LogP contribution in [-0.2, 0) is 0 Å². The molecule has 1 N–H and O–H groups in total. The molecule has 2 rings (SSSR count). The molecule has 2 amide bonds. The summed E-state index contributed by atoms with van der Waals surface area (Å²) in [5, 5.41) is 2.78. The monoisotopic (exact) mass is 326 g/mol. The van der Waals surface area contributed by atoms with Gasteiger partial charge in [-0.25, -0.2) is 0 Å². The zero-order valence-corrected chi connectivity index (χ0v) is 14.3. The van der Waals surface area contributed by atoms with Crippen molar-refractivity contribution in [3.05, 3.63) is 65.6 Å². The number of aryl methyl sites for hydroxylation is 1. The van der Waals surface area contributed by atoms with Crippen LogP contribution in [0.2, 0.25) is 0 Å². The van der Waals surface area contributed by atoms with Crippen LogP contribution in [-0.4, -0.2) is 29.8 Å². The maximum Gasteiger partial charge on any atom is 0.291 e. The molecule has 1 aromatic heterocycles. The van der Waals surface area contributed by atoms with E-state index >= 15 is 0 Å². The number of carbonyl (C=O) groups is 2. The second-order valence-corrected chi connectivity index (χ2v) is 5.74. The predicted octanol–water partition coefficient (Wildman–Crippen LogP) is 3.88. The van der Waals surface area contributed by atoms with Gasteiger partial charge in [-0.2, -0.15) is 0 Å². The number of carbonyl (C=O) groups excluding carboxylic acids is 2. The number of furan rings is 1. The van der Waals surface area contributed by atoms with Gasteiger partial charge in [-0.3, -0.25) is 9.59 Å². The third-order valence-electron chi connectivity index (χ3n) is 3.61. The highest BCUT2D eigenvalue weighted by molar-refractivity contribution is 6.03. The molecule has 0 bridgehead atoms. The summed E-state index contributed by atoms with van der Waals surface area (Å²) in [6.07, 6.45) is 1.44. The van der Waals surface area contributed by atoms with E-state index in [4.69, 9.17) is 4.42 Å². The van der Waals surface area contributed by atoms with Crippen LogP contribution >= 0.6 is 0 Å². The molecule has 24 heavy (non-hydrogen) atoms. The standard InChI is InChI=1S/C19H22N2O3/c1-5-21(12-13(2)3)19(23)15-9-8-14(4)16(11-15)20-18(22)17-7-6-10-24-17/h6-11H,2,5,12H2,1,3-4H3,(H,20,22). The fourth-order valence-electron chi connectivity index (χ4n) is 2.32. The van der Waals surface area contributed by atoms with E-state index in [9.17, 15) is 9.59 Å². The van der Waals surface area contributed by atoms with E-state index in [1.165, 1.54) is 6.26 Å². The lowest BCUT2D eigenvalue weighted by molar-refractivity contribution is 0.0778. The number of likely N-dealkylation sites (N-methyl/N-ethyl adjacent to an activating group) is 1. The van der Waals surface area contributed by atoms with Gasteiger partial charge < -0.3 is 14.6 Å². The molecule has 0 fully saturated rings. The van der Waals surface area contributed by atoms with Crippen molar-refractivity contribution in [1.82, 2.24) is 4.90 Å². The van der Waals surface area contributed by atoms with Crippen molar-refractivity contribution in [2.75, 3.05) is 18.4 Å².